The number of ether oxygens (including phenoxy) is 4. The summed E-state index contributed by atoms with van der Waals surface area (Å²) in [4.78, 5) is 39.3. The quantitative estimate of drug-likeness (QED) is 0.255. The highest BCUT2D eigenvalue weighted by Gasteiger charge is 2.50. The molecule has 198 valence electrons. The number of hydrogen-bond acceptors (Lipinski definition) is 10. The molecule has 10 nitrogen and oxygen atoms in total. The van der Waals surface area contributed by atoms with E-state index < -0.39 is 42.3 Å². The van der Waals surface area contributed by atoms with Crippen molar-refractivity contribution in [3.05, 3.63) is 119 Å². The molecule has 1 fully saturated rings. The Balaban J connectivity index is 1.50. The van der Waals surface area contributed by atoms with Gasteiger partial charge in [0.25, 0.3) is 0 Å². The summed E-state index contributed by atoms with van der Waals surface area (Å²) >= 11 is 0. The minimum atomic E-state index is -1.30. The highest BCUT2D eigenvalue weighted by atomic mass is 16.6. The van der Waals surface area contributed by atoms with Crippen LogP contribution in [0.25, 0.3) is 0 Å². The van der Waals surface area contributed by atoms with Crippen LogP contribution in [0.1, 0.15) is 49.0 Å². The van der Waals surface area contributed by atoms with Crippen molar-refractivity contribution < 1.29 is 37.7 Å². The standard InChI is InChI=1S/C29H24N2O8/c1-18-30-31-26(36-18)25-24(39-29(34)21-15-9-4-10-16-21)23(38-28(33)20-13-7-3-8-14-20)22(17-35-25)37-27(32)19-11-5-2-6-12-19/h2-16,22-25H,17H2,1H3/t22-,23+,24-,25-/m1/s1. The lowest BCUT2D eigenvalue weighted by atomic mass is 9.98. The molecule has 10 heteroatoms. The van der Waals surface area contributed by atoms with E-state index in [1.807, 2.05) is 0 Å². The molecule has 1 aliphatic heterocycles. The van der Waals surface area contributed by atoms with Crippen LogP contribution >= 0.6 is 0 Å². The minimum absolute atomic E-state index is 0.0203. The maximum absolute atomic E-state index is 13.2. The van der Waals surface area contributed by atoms with Crippen molar-refractivity contribution in [1.29, 1.82) is 0 Å². The van der Waals surface area contributed by atoms with Crippen molar-refractivity contribution in [2.24, 2.45) is 0 Å². The fraction of sp³-hybridized carbons (Fsp3) is 0.207. The predicted molar refractivity (Wildman–Crippen MR) is 135 cm³/mol. The molecule has 4 aromatic rings. The average Bonchev–Trinajstić information content (AvgIpc) is 3.41. The highest BCUT2D eigenvalue weighted by molar-refractivity contribution is 5.91. The van der Waals surface area contributed by atoms with Crippen molar-refractivity contribution in [3.63, 3.8) is 0 Å². The molecule has 0 N–H and O–H groups in total. The van der Waals surface area contributed by atoms with Gasteiger partial charge in [0.2, 0.25) is 11.8 Å². The van der Waals surface area contributed by atoms with E-state index in [0.717, 1.165) is 0 Å². The van der Waals surface area contributed by atoms with Crippen LogP contribution in [-0.2, 0) is 18.9 Å². The van der Waals surface area contributed by atoms with Crippen LogP contribution in [0.5, 0.6) is 0 Å². The lowest BCUT2D eigenvalue weighted by Crippen LogP contribution is -2.54. The second kappa shape index (κ2) is 11.7. The van der Waals surface area contributed by atoms with Gasteiger partial charge in [-0.25, -0.2) is 14.4 Å². The van der Waals surface area contributed by atoms with Gasteiger partial charge in [-0.15, -0.1) is 10.2 Å². The number of hydrogen-bond donors (Lipinski definition) is 0. The summed E-state index contributed by atoms with van der Waals surface area (Å²) < 4.78 is 29.0. The van der Waals surface area contributed by atoms with E-state index in [2.05, 4.69) is 10.2 Å². The van der Waals surface area contributed by atoms with Gasteiger partial charge in [-0.1, -0.05) is 54.6 Å². The largest absolute Gasteiger partial charge is 0.452 e. The third kappa shape index (κ3) is 6.02. The zero-order valence-electron chi connectivity index (χ0n) is 20.8. The molecule has 0 spiro atoms. The van der Waals surface area contributed by atoms with E-state index in [-0.39, 0.29) is 35.1 Å². The van der Waals surface area contributed by atoms with E-state index >= 15 is 0 Å². The first-order valence-electron chi connectivity index (χ1n) is 12.2. The van der Waals surface area contributed by atoms with E-state index in [4.69, 9.17) is 23.4 Å². The topological polar surface area (TPSA) is 127 Å². The van der Waals surface area contributed by atoms with Crippen molar-refractivity contribution >= 4 is 17.9 Å². The van der Waals surface area contributed by atoms with Crippen molar-refractivity contribution in [3.8, 4) is 0 Å². The first kappa shape index (κ1) is 25.8. The van der Waals surface area contributed by atoms with Crippen LogP contribution < -0.4 is 0 Å². The number of carbonyl (C=O) groups is 3. The molecule has 3 aromatic carbocycles. The fourth-order valence-electron chi connectivity index (χ4n) is 4.10. The van der Waals surface area contributed by atoms with Crippen LogP contribution in [0.3, 0.4) is 0 Å². The molecule has 0 amide bonds. The van der Waals surface area contributed by atoms with Crippen molar-refractivity contribution in [2.75, 3.05) is 6.61 Å². The van der Waals surface area contributed by atoms with Crippen LogP contribution in [0.2, 0.25) is 0 Å². The maximum atomic E-state index is 13.2. The third-order valence-electron chi connectivity index (χ3n) is 5.99. The number of esters is 3. The Bertz CT molecular complexity index is 1430. The molecular weight excluding hydrogens is 504 g/mol. The monoisotopic (exact) mass is 528 g/mol. The van der Waals surface area contributed by atoms with Crippen LogP contribution in [-0.4, -0.2) is 53.0 Å². The van der Waals surface area contributed by atoms with Gasteiger partial charge in [0.05, 0.1) is 23.3 Å². The Hall–Kier alpha value is -4.83. The Kier molecular flexibility index (Phi) is 7.74. The minimum Gasteiger partial charge on any atom is -0.452 e. The molecular formula is C29H24N2O8. The number of aryl methyl sites for hydroxylation is 1. The summed E-state index contributed by atoms with van der Waals surface area (Å²) in [5.74, 6) is -1.79. The summed E-state index contributed by atoms with van der Waals surface area (Å²) in [6, 6.07) is 24.9. The van der Waals surface area contributed by atoms with Gasteiger partial charge in [-0.05, 0) is 36.4 Å². The van der Waals surface area contributed by atoms with Gasteiger partial charge in [0.15, 0.2) is 24.4 Å². The van der Waals surface area contributed by atoms with Gasteiger partial charge >= 0.3 is 17.9 Å². The van der Waals surface area contributed by atoms with Gasteiger partial charge in [0.1, 0.15) is 0 Å². The molecule has 1 aliphatic rings. The molecule has 39 heavy (non-hydrogen) atoms. The maximum Gasteiger partial charge on any atom is 0.338 e. The Morgan fingerprint density at radius 2 is 1.13 bits per heavy atom. The normalized spacial score (nSPS) is 20.5. The van der Waals surface area contributed by atoms with Crippen LogP contribution in [0.15, 0.2) is 95.4 Å². The van der Waals surface area contributed by atoms with Gasteiger partial charge in [0, 0.05) is 6.92 Å². The number of benzene rings is 3. The molecule has 0 bridgehead atoms. The summed E-state index contributed by atoms with van der Waals surface area (Å²) in [6.07, 6.45) is -4.80. The van der Waals surface area contributed by atoms with Gasteiger partial charge < -0.3 is 23.4 Å². The summed E-state index contributed by atoms with van der Waals surface area (Å²) in [7, 11) is 0. The predicted octanol–water partition coefficient (Wildman–Crippen LogP) is 4.13. The first-order chi connectivity index (χ1) is 19.0. The molecule has 1 saturated heterocycles. The van der Waals surface area contributed by atoms with E-state index in [0.29, 0.717) is 0 Å². The number of aromatic nitrogens is 2. The molecule has 0 unspecified atom stereocenters. The Morgan fingerprint density at radius 1 is 0.667 bits per heavy atom. The number of carbonyl (C=O) groups excluding carboxylic acids is 3. The Morgan fingerprint density at radius 3 is 1.59 bits per heavy atom. The van der Waals surface area contributed by atoms with Crippen LogP contribution in [0, 0.1) is 6.92 Å². The zero-order valence-corrected chi connectivity index (χ0v) is 20.8. The number of nitrogens with zero attached hydrogens (tertiary/aromatic N) is 2. The molecule has 2 heterocycles. The first-order valence-corrected chi connectivity index (χ1v) is 12.2. The molecule has 4 atom stereocenters. The summed E-state index contributed by atoms with van der Waals surface area (Å²) in [5.41, 5.74) is 0.808. The van der Waals surface area contributed by atoms with Crippen LogP contribution in [0.4, 0.5) is 0 Å². The second-order valence-corrected chi connectivity index (χ2v) is 8.69. The smallest absolute Gasteiger partial charge is 0.338 e. The fourth-order valence-corrected chi connectivity index (χ4v) is 4.10. The summed E-state index contributed by atoms with van der Waals surface area (Å²) in [6.45, 7) is 1.40. The SMILES string of the molecule is Cc1nnc([C@@H]2OC[C@@H](OC(=O)c3ccccc3)[C@H](OC(=O)c3ccccc3)[C@H]2OC(=O)c2ccccc2)o1. The van der Waals surface area contributed by atoms with Gasteiger partial charge in [-0.3, -0.25) is 0 Å². The zero-order chi connectivity index (χ0) is 27.2. The molecule has 0 radical (unpaired) electrons. The van der Waals surface area contributed by atoms with E-state index in [1.54, 1.807) is 97.9 Å². The molecule has 5 rings (SSSR count). The highest BCUT2D eigenvalue weighted by Crippen LogP contribution is 2.34. The molecule has 1 aromatic heterocycles. The van der Waals surface area contributed by atoms with Crippen molar-refractivity contribution in [2.45, 2.75) is 31.3 Å². The number of rotatable bonds is 7. The lowest BCUT2D eigenvalue weighted by Gasteiger charge is -2.39. The second-order valence-electron chi connectivity index (χ2n) is 8.69. The summed E-state index contributed by atoms with van der Waals surface area (Å²) in [5, 5.41) is 7.87. The molecule has 0 aliphatic carbocycles. The van der Waals surface area contributed by atoms with Gasteiger partial charge in [-0.2, -0.15) is 0 Å². The lowest BCUT2D eigenvalue weighted by molar-refractivity contribution is -0.197. The van der Waals surface area contributed by atoms with E-state index in [9.17, 15) is 14.4 Å². The average molecular weight is 529 g/mol. The third-order valence-corrected chi connectivity index (χ3v) is 5.99. The Labute approximate surface area is 223 Å². The van der Waals surface area contributed by atoms with Crippen molar-refractivity contribution in [1.82, 2.24) is 10.2 Å². The molecule has 0 saturated carbocycles. The van der Waals surface area contributed by atoms with E-state index in [1.165, 1.54) is 0 Å².